The van der Waals surface area contributed by atoms with Crippen LogP contribution in [0.25, 0.3) is 0 Å². The topological polar surface area (TPSA) is 25.8 Å². The Hall–Kier alpha value is -0.870. The van der Waals surface area contributed by atoms with E-state index in [0.717, 1.165) is 21.2 Å². The normalized spacial score (nSPS) is 11.7. The molecule has 0 atom stereocenters. The van der Waals surface area contributed by atoms with Crippen molar-refractivity contribution in [3.8, 4) is 0 Å². The lowest BCUT2D eigenvalue weighted by Crippen LogP contribution is -2.16. The van der Waals surface area contributed by atoms with Gasteiger partial charge in [0, 0.05) is 17.2 Å². The van der Waals surface area contributed by atoms with Crippen LogP contribution in [0.1, 0.15) is 37.7 Å². The van der Waals surface area contributed by atoms with E-state index in [9.17, 15) is 0 Å². The third-order valence-electron chi connectivity index (χ3n) is 2.98. The number of rotatable bonds is 3. The first-order chi connectivity index (χ1) is 9.36. The summed E-state index contributed by atoms with van der Waals surface area (Å²) in [5, 5.41) is 1.01. The quantitative estimate of drug-likeness (QED) is 0.566. The average Bonchev–Trinajstić information content (AvgIpc) is 2.36. The minimum atomic E-state index is -0.0399. The first kappa shape index (κ1) is 15.5. The molecule has 2 aromatic rings. The summed E-state index contributed by atoms with van der Waals surface area (Å²) in [6.07, 6.45) is 0. The maximum atomic E-state index is 4.67. The predicted molar refractivity (Wildman–Crippen MR) is 89.2 cm³/mol. The summed E-state index contributed by atoms with van der Waals surface area (Å²) < 4.78 is 0.852. The molecule has 0 N–H and O–H groups in total. The third-order valence-corrected chi connectivity index (χ3v) is 4.35. The monoisotopic (exact) mass is 350 g/mol. The Labute approximate surface area is 133 Å². The van der Waals surface area contributed by atoms with Crippen molar-refractivity contribution < 1.29 is 0 Å². The number of thioether (sulfide) groups is 1. The Bertz CT molecular complexity index is 606. The van der Waals surface area contributed by atoms with Gasteiger partial charge >= 0.3 is 0 Å². The van der Waals surface area contributed by atoms with E-state index in [-0.39, 0.29) is 5.41 Å². The van der Waals surface area contributed by atoms with Crippen molar-refractivity contribution in [2.24, 2.45) is 0 Å². The molecule has 20 heavy (non-hydrogen) atoms. The molecule has 2 rings (SSSR count). The van der Waals surface area contributed by atoms with Crippen LogP contribution in [0.4, 0.5) is 0 Å². The van der Waals surface area contributed by atoms with Crippen molar-refractivity contribution in [3.63, 3.8) is 0 Å². The van der Waals surface area contributed by atoms with Crippen molar-refractivity contribution in [3.05, 3.63) is 51.9 Å². The molecular formula is C16H19BrN2S. The Balaban J connectivity index is 2.18. The third kappa shape index (κ3) is 4.06. The van der Waals surface area contributed by atoms with Crippen molar-refractivity contribution in [1.29, 1.82) is 0 Å². The van der Waals surface area contributed by atoms with Crippen molar-refractivity contribution in [2.75, 3.05) is 0 Å². The molecule has 0 bridgehead atoms. The van der Waals surface area contributed by atoms with Crippen molar-refractivity contribution in [2.45, 2.75) is 43.9 Å². The largest absolute Gasteiger partial charge is 0.226 e. The van der Waals surface area contributed by atoms with E-state index < -0.39 is 0 Å². The second-order valence-electron chi connectivity index (χ2n) is 5.82. The summed E-state index contributed by atoms with van der Waals surface area (Å²) in [5.41, 5.74) is 2.63. The molecule has 1 aromatic heterocycles. The highest BCUT2D eigenvalue weighted by molar-refractivity contribution is 9.10. The SMILES string of the molecule is Cc1ccccc1CSc1cc(Br)nc(C(C)(C)C)n1. The molecule has 0 radical (unpaired) electrons. The first-order valence-electron chi connectivity index (χ1n) is 6.58. The van der Waals surface area contributed by atoms with Gasteiger partial charge in [-0.1, -0.05) is 45.0 Å². The molecule has 0 saturated carbocycles. The Morgan fingerprint density at radius 3 is 2.50 bits per heavy atom. The number of nitrogens with zero attached hydrogens (tertiary/aromatic N) is 2. The zero-order valence-corrected chi connectivity index (χ0v) is 14.7. The minimum absolute atomic E-state index is 0.0399. The summed E-state index contributed by atoms with van der Waals surface area (Å²) in [5.74, 6) is 1.80. The summed E-state index contributed by atoms with van der Waals surface area (Å²) in [6, 6.07) is 10.5. The Morgan fingerprint density at radius 1 is 1.15 bits per heavy atom. The molecule has 1 aromatic carbocycles. The molecule has 2 nitrogen and oxygen atoms in total. The van der Waals surface area contributed by atoms with E-state index >= 15 is 0 Å². The lowest BCUT2D eigenvalue weighted by atomic mass is 9.96. The summed E-state index contributed by atoms with van der Waals surface area (Å²) in [7, 11) is 0. The number of aromatic nitrogens is 2. The van der Waals surface area contributed by atoms with E-state index in [1.54, 1.807) is 11.8 Å². The van der Waals surface area contributed by atoms with Crippen LogP contribution in [-0.2, 0) is 11.2 Å². The lowest BCUT2D eigenvalue weighted by Gasteiger charge is -2.17. The van der Waals surface area contributed by atoms with Crippen LogP contribution in [0.15, 0.2) is 40.0 Å². The van der Waals surface area contributed by atoms with E-state index in [4.69, 9.17) is 0 Å². The van der Waals surface area contributed by atoms with Gasteiger partial charge in [-0.3, -0.25) is 0 Å². The Morgan fingerprint density at radius 2 is 1.85 bits per heavy atom. The fraction of sp³-hybridized carbons (Fsp3) is 0.375. The van der Waals surface area contributed by atoms with Gasteiger partial charge in [0.2, 0.25) is 0 Å². The molecule has 106 valence electrons. The highest BCUT2D eigenvalue weighted by Crippen LogP contribution is 2.27. The first-order valence-corrected chi connectivity index (χ1v) is 8.36. The fourth-order valence-corrected chi connectivity index (χ4v) is 3.24. The van der Waals surface area contributed by atoms with Crippen molar-refractivity contribution in [1.82, 2.24) is 9.97 Å². The van der Waals surface area contributed by atoms with Crippen LogP contribution in [0, 0.1) is 6.92 Å². The van der Waals surface area contributed by atoms with Crippen molar-refractivity contribution >= 4 is 27.7 Å². The molecule has 0 spiro atoms. The van der Waals surface area contributed by atoms with Crippen LogP contribution < -0.4 is 0 Å². The van der Waals surface area contributed by atoms with Gasteiger partial charge in [0.1, 0.15) is 15.5 Å². The van der Waals surface area contributed by atoms with Gasteiger partial charge in [0.05, 0.1) is 0 Å². The summed E-state index contributed by atoms with van der Waals surface area (Å²) in [6.45, 7) is 8.53. The summed E-state index contributed by atoms with van der Waals surface area (Å²) >= 11 is 5.23. The number of hydrogen-bond donors (Lipinski definition) is 0. The van der Waals surface area contributed by atoms with Crippen LogP contribution in [0.2, 0.25) is 0 Å². The van der Waals surface area contributed by atoms with Gasteiger partial charge in [-0.25, -0.2) is 9.97 Å². The number of benzene rings is 1. The molecule has 0 amide bonds. The molecular weight excluding hydrogens is 332 g/mol. The number of halogens is 1. The molecule has 0 aliphatic carbocycles. The van der Waals surface area contributed by atoms with Gasteiger partial charge in [-0.2, -0.15) is 0 Å². The zero-order valence-electron chi connectivity index (χ0n) is 12.3. The van der Waals surface area contributed by atoms with E-state index in [1.165, 1.54) is 11.1 Å². The molecule has 0 aliphatic heterocycles. The average molecular weight is 351 g/mol. The molecule has 0 unspecified atom stereocenters. The smallest absolute Gasteiger partial charge is 0.136 e. The molecule has 0 saturated heterocycles. The number of hydrogen-bond acceptors (Lipinski definition) is 3. The van der Waals surface area contributed by atoms with Crippen LogP contribution in [0.5, 0.6) is 0 Å². The highest BCUT2D eigenvalue weighted by Gasteiger charge is 2.18. The van der Waals surface area contributed by atoms with Crippen LogP contribution in [-0.4, -0.2) is 9.97 Å². The van der Waals surface area contributed by atoms with Gasteiger partial charge < -0.3 is 0 Å². The summed E-state index contributed by atoms with van der Waals surface area (Å²) in [4.78, 5) is 9.14. The highest BCUT2D eigenvalue weighted by atomic mass is 79.9. The minimum Gasteiger partial charge on any atom is -0.226 e. The zero-order chi connectivity index (χ0) is 14.8. The van der Waals surface area contributed by atoms with E-state index in [2.05, 4.69) is 77.9 Å². The van der Waals surface area contributed by atoms with Gasteiger partial charge in [-0.05, 0) is 34.0 Å². The molecule has 0 fully saturated rings. The maximum Gasteiger partial charge on any atom is 0.136 e. The predicted octanol–water partition coefficient (Wildman–Crippen LogP) is 5.14. The second-order valence-corrected chi connectivity index (χ2v) is 7.63. The molecule has 0 aliphatic rings. The van der Waals surface area contributed by atoms with E-state index in [1.807, 2.05) is 6.07 Å². The lowest BCUT2D eigenvalue weighted by molar-refractivity contribution is 0.536. The maximum absolute atomic E-state index is 4.67. The van der Waals surface area contributed by atoms with Gasteiger partial charge in [0.25, 0.3) is 0 Å². The van der Waals surface area contributed by atoms with Crippen LogP contribution in [0.3, 0.4) is 0 Å². The van der Waals surface area contributed by atoms with Gasteiger partial charge in [0.15, 0.2) is 0 Å². The van der Waals surface area contributed by atoms with Gasteiger partial charge in [-0.15, -0.1) is 11.8 Å². The van der Waals surface area contributed by atoms with E-state index in [0.29, 0.717) is 0 Å². The second kappa shape index (κ2) is 6.27. The standard InChI is InChI=1S/C16H19BrN2S/c1-11-7-5-6-8-12(11)10-20-14-9-13(17)18-15(19-14)16(2,3)4/h5-9H,10H2,1-4H3. The molecule has 4 heteroatoms. The fourth-order valence-electron chi connectivity index (χ4n) is 1.73. The Kier molecular flexibility index (Phi) is 4.86. The molecule has 1 heterocycles. The number of aryl methyl sites for hydroxylation is 1. The van der Waals surface area contributed by atoms with Crippen LogP contribution >= 0.6 is 27.7 Å².